The number of carbonyl (C=O) groups is 1. The number of aryl methyl sites for hydroxylation is 1. The number of nitrogens with zero attached hydrogens (tertiary/aromatic N) is 1. The number of carbonyl (C=O) groups excluding carboxylic acids is 1. The average molecular weight is 380 g/mol. The maximum atomic E-state index is 13.6. The van der Waals surface area contributed by atoms with Crippen LogP contribution >= 0.6 is 11.3 Å². The first-order valence-electron chi connectivity index (χ1n) is 7.44. The van der Waals surface area contributed by atoms with E-state index in [0.29, 0.717) is 16.0 Å². The van der Waals surface area contributed by atoms with Gasteiger partial charge in [0.1, 0.15) is 0 Å². The van der Waals surface area contributed by atoms with Crippen molar-refractivity contribution >= 4 is 22.9 Å². The predicted molar refractivity (Wildman–Crippen MR) is 91.6 cm³/mol. The summed E-state index contributed by atoms with van der Waals surface area (Å²) in [6, 6.07) is 7.86. The quantitative estimate of drug-likeness (QED) is 0.607. The molecule has 0 unspecified atom stereocenters. The zero-order valence-electron chi connectivity index (χ0n) is 13.4. The molecule has 1 N–H and O–H groups in total. The molecule has 3 rings (SSSR count). The molecule has 3 nitrogen and oxygen atoms in total. The molecule has 0 aliphatic heterocycles. The number of halogens is 4. The molecular weight excluding hydrogens is 368 g/mol. The summed E-state index contributed by atoms with van der Waals surface area (Å²) in [6.45, 7) is 1.70. The van der Waals surface area contributed by atoms with E-state index >= 15 is 0 Å². The van der Waals surface area contributed by atoms with E-state index in [1.54, 1.807) is 13.0 Å². The van der Waals surface area contributed by atoms with Crippen LogP contribution in [-0.4, -0.2) is 10.9 Å². The Labute approximate surface area is 150 Å². The lowest BCUT2D eigenvalue weighted by atomic mass is 10.0. The van der Waals surface area contributed by atoms with Gasteiger partial charge >= 0.3 is 6.18 Å². The second-order valence-corrected chi connectivity index (χ2v) is 6.58. The van der Waals surface area contributed by atoms with Gasteiger partial charge in [0.25, 0.3) is 5.91 Å². The predicted octanol–water partition coefficient (Wildman–Crippen LogP) is 5.53. The average Bonchev–Trinajstić information content (AvgIpc) is 3.06. The van der Waals surface area contributed by atoms with Gasteiger partial charge in [-0.1, -0.05) is 6.07 Å². The minimum absolute atomic E-state index is 0.0183. The van der Waals surface area contributed by atoms with Crippen molar-refractivity contribution in [3.05, 3.63) is 70.6 Å². The lowest BCUT2D eigenvalue weighted by Crippen LogP contribution is -2.11. The summed E-state index contributed by atoms with van der Waals surface area (Å²) in [5.41, 5.74) is 0.289. The zero-order chi connectivity index (χ0) is 18.9. The van der Waals surface area contributed by atoms with E-state index in [0.717, 1.165) is 29.7 Å². The standard InChI is InChI=1S/C18H12F4N2OS/c1-10-2-3-11(18(20,21)22)8-12(10)15-4-5-16(26-15)17(25)24-14-6-7-23-9-13(14)19/h2-9H,1H3,(H,23,24,25). The Morgan fingerprint density at radius 1 is 1.15 bits per heavy atom. The molecule has 0 spiro atoms. The maximum Gasteiger partial charge on any atom is 0.416 e. The summed E-state index contributed by atoms with van der Waals surface area (Å²) in [4.78, 5) is 16.6. The van der Waals surface area contributed by atoms with E-state index in [4.69, 9.17) is 0 Å². The molecule has 3 aromatic rings. The van der Waals surface area contributed by atoms with Gasteiger partial charge in [-0.2, -0.15) is 13.2 Å². The molecule has 0 atom stereocenters. The van der Waals surface area contributed by atoms with Crippen molar-refractivity contribution < 1.29 is 22.4 Å². The normalized spacial score (nSPS) is 11.4. The lowest BCUT2D eigenvalue weighted by Gasteiger charge is -2.10. The Hall–Kier alpha value is -2.74. The number of benzene rings is 1. The van der Waals surface area contributed by atoms with Crippen molar-refractivity contribution in [3.8, 4) is 10.4 Å². The van der Waals surface area contributed by atoms with Crippen LogP contribution in [0.4, 0.5) is 23.2 Å². The van der Waals surface area contributed by atoms with Crippen LogP contribution in [0.25, 0.3) is 10.4 Å². The van der Waals surface area contributed by atoms with E-state index in [-0.39, 0.29) is 10.6 Å². The highest BCUT2D eigenvalue weighted by Crippen LogP contribution is 2.36. The van der Waals surface area contributed by atoms with Gasteiger partial charge in [0, 0.05) is 11.1 Å². The SMILES string of the molecule is Cc1ccc(C(F)(F)F)cc1-c1ccc(C(=O)Nc2ccncc2F)s1. The number of anilines is 1. The van der Waals surface area contributed by atoms with Crippen LogP contribution in [0.15, 0.2) is 48.8 Å². The molecule has 2 aromatic heterocycles. The Morgan fingerprint density at radius 2 is 1.92 bits per heavy atom. The highest BCUT2D eigenvalue weighted by Gasteiger charge is 2.31. The molecule has 0 bridgehead atoms. The third-order valence-electron chi connectivity index (χ3n) is 3.68. The van der Waals surface area contributed by atoms with Crippen LogP contribution in [0.3, 0.4) is 0 Å². The van der Waals surface area contributed by atoms with Crippen molar-refractivity contribution in [1.29, 1.82) is 0 Å². The Balaban J connectivity index is 1.88. The fourth-order valence-corrected chi connectivity index (χ4v) is 3.31. The van der Waals surface area contributed by atoms with Crippen molar-refractivity contribution in [2.24, 2.45) is 0 Å². The Kier molecular flexibility index (Phi) is 4.78. The smallest absolute Gasteiger partial charge is 0.319 e. The minimum Gasteiger partial charge on any atom is -0.319 e. The second kappa shape index (κ2) is 6.87. The number of rotatable bonds is 3. The van der Waals surface area contributed by atoms with E-state index in [1.807, 2.05) is 0 Å². The van der Waals surface area contributed by atoms with Crippen molar-refractivity contribution in [2.45, 2.75) is 13.1 Å². The molecule has 0 aliphatic rings. The van der Waals surface area contributed by atoms with Gasteiger partial charge in [-0.3, -0.25) is 9.78 Å². The van der Waals surface area contributed by atoms with Crippen molar-refractivity contribution in [3.63, 3.8) is 0 Å². The molecule has 2 heterocycles. The van der Waals surface area contributed by atoms with Gasteiger partial charge in [-0.15, -0.1) is 11.3 Å². The summed E-state index contributed by atoms with van der Waals surface area (Å²) < 4.78 is 52.3. The van der Waals surface area contributed by atoms with Crippen LogP contribution in [0.2, 0.25) is 0 Å². The summed E-state index contributed by atoms with van der Waals surface area (Å²) in [6.07, 6.45) is -2.13. The van der Waals surface area contributed by atoms with Gasteiger partial charge < -0.3 is 5.32 Å². The van der Waals surface area contributed by atoms with Gasteiger partial charge in [0.2, 0.25) is 0 Å². The highest BCUT2D eigenvalue weighted by molar-refractivity contribution is 7.17. The fourth-order valence-electron chi connectivity index (χ4n) is 2.33. The zero-order valence-corrected chi connectivity index (χ0v) is 14.2. The van der Waals surface area contributed by atoms with Gasteiger partial charge in [0.15, 0.2) is 5.82 Å². The Morgan fingerprint density at radius 3 is 2.62 bits per heavy atom. The molecule has 0 saturated carbocycles. The molecule has 1 aromatic carbocycles. The van der Waals surface area contributed by atoms with Gasteiger partial charge in [-0.05, 0) is 48.4 Å². The first-order valence-corrected chi connectivity index (χ1v) is 8.26. The van der Waals surface area contributed by atoms with E-state index < -0.39 is 23.5 Å². The van der Waals surface area contributed by atoms with Crippen LogP contribution in [0.1, 0.15) is 20.8 Å². The number of aromatic nitrogens is 1. The number of amides is 1. The van der Waals surface area contributed by atoms with Crippen molar-refractivity contribution in [1.82, 2.24) is 4.98 Å². The van der Waals surface area contributed by atoms with Crippen LogP contribution < -0.4 is 5.32 Å². The molecular formula is C18H12F4N2OS. The summed E-state index contributed by atoms with van der Waals surface area (Å²) in [5.74, 6) is -1.22. The topological polar surface area (TPSA) is 42.0 Å². The number of hydrogen-bond acceptors (Lipinski definition) is 3. The van der Waals surface area contributed by atoms with Gasteiger partial charge in [-0.25, -0.2) is 4.39 Å². The number of hydrogen-bond donors (Lipinski definition) is 1. The molecule has 8 heteroatoms. The monoisotopic (exact) mass is 380 g/mol. The molecule has 0 radical (unpaired) electrons. The maximum absolute atomic E-state index is 13.6. The van der Waals surface area contributed by atoms with Gasteiger partial charge in [0.05, 0.1) is 22.3 Å². The largest absolute Gasteiger partial charge is 0.416 e. The molecule has 26 heavy (non-hydrogen) atoms. The molecule has 0 saturated heterocycles. The highest BCUT2D eigenvalue weighted by atomic mass is 32.1. The first-order chi connectivity index (χ1) is 12.3. The number of thiophene rings is 1. The first kappa shape index (κ1) is 18.1. The third kappa shape index (κ3) is 3.75. The summed E-state index contributed by atoms with van der Waals surface area (Å²) >= 11 is 1.04. The van der Waals surface area contributed by atoms with Crippen molar-refractivity contribution in [2.75, 3.05) is 5.32 Å². The molecule has 1 amide bonds. The van der Waals surface area contributed by atoms with E-state index in [1.165, 1.54) is 24.4 Å². The number of alkyl halides is 3. The molecule has 0 fully saturated rings. The summed E-state index contributed by atoms with van der Waals surface area (Å²) in [7, 11) is 0. The number of nitrogens with one attached hydrogen (secondary N) is 1. The summed E-state index contributed by atoms with van der Waals surface area (Å²) in [5, 5.41) is 2.42. The van der Waals surface area contributed by atoms with Crippen LogP contribution in [-0.2, 0) is 6.18 Å². The van der Waals surface area contributed by atoms with Crippen LogP contribution in [0, 0.1) is 12.7 Å². The molecule has 0 aliphatic carbocycles. The minimum atomic E-state index is -4.45. The van der Waals surface area contributed by atoms with Crippen LogP contribution in [0.5, 0.6) is 0 Å². The lowest BCUT2D eigenvalue weighted by molar-refractivity contribution is -0.137. The van der Waals surface area contributed by atoms with E-state index in [2.05, 4.69) is 10.3 Å². The Bertz CT molecular complexity index is 966. The third-order valence-corrected chi connectivity index (χ3v) is 4.80. The number of pyridine rings is 1. The van der Waals surface area contributed by atoms with E-state index in [9.17, 15) is 22.4 Å². The second-order valence-electron chi connectivity index (χ2n) is 5.50. The fraction of sp³-hybridized carbons (Fsp3) is 0.111. The molecule has 134 valence electrons.